The van der Waals surface area contributed by atoms with E-state index in [1.807, 2.05) is 30.2 Å². The standard InChI is InChI=1S/C19H26N4O/c1-16-10-12-23(20-16)15-19(24)22-11-6-9-18(14-22)21(2)13-17-7-4-3-5-8-17/h3-5,7-8,10,12,18H,6,9,11,13-15H2,1-2H3/t18-/m1/s1. The summed E-state index contributed by atoms with van der Waals surface area (Å²) in [6, 6.07) is 12.9. The Kier molecular flexibility index (Phi) is 5.30. The number of rotatable bonds is 5. The summed E-state index contributed by atoms with van der Waals surface area (Å²) in [5.74, 6) is 0.163. The Morgan fingerprint density at radius 2 is 2.08 bits per heavy atom. The molecule has 0 bridgehead atoms. The van der Waals surface area contributed by atoms with E-state index in [1.165, 1.54) is 5.56 Å². The summed E-state index contributed by atoms with van der Waals surface area (Å²) in [5.41, 5.74) is 2.26. The highest BCUT2D eigenvalue weighted by atomic mass is 16.2. The molecule has 1 saturated heterocycles. The van der Waals surface area contributed by atoms with Crippen molar-refractivity contribution in [1.29, 1.82) is 0 Å². The van der Waals surface area contributed by atoms with E-state index in [9.17, 15) is 4.79 Å². The summed E-state index contributed by atoms with van der Waals surface area (Å²) < 4.78 is 1.73. The summed E-state index contributed by atoms with van der Waals surface area (Å²) in [4.78, 5) is 16.9. The van der Waals surface area contributed by atoms with Gasteiger partial charge in [-0.1, -0.05) is 30.3 Å². The molecule has 0 aliphatic carbocycles. The van der Waals surface area contributed by atoms with Gasteiger partial charge in [-0.3, -0.25) is 14.4 Å². The molecular weight excluding hydrogens is 300 g/mol. The van der Waals surface area contributed by atoms with E-state index < -0.39 is 0 Å². The Labute approximate surface area is 143 Å². The molecule has 1 aromatic carbocycles. The van der Waals surface area contributed by atoms with Crippen LogP contribution in [0.3, 0.4) is 0 Å². The molecule has 0 unspecified atom stereocenters. The van der Waals surface area contributed by atoms with Crippen LogP contribution in [-0.4, -0.2) is 51.7 Å². The molecule has 128 valence electrons. The molecule has 0 saturated carbocycles. The van der Waals surface area contributed by atoms with Crippen molar-refractivity contribution >= 4 is 5.91 Å². The van der Waals surface area contributed by atoms with E-state index in [0.29, 0.717) is 12.6 Å². The van der Waals surface area contributed by atoms with Gasteiger partial charge in [0.1, 0.15) is 6.54 Å². The molecule has 2 aromatic rings. The largest absolute Gasteiger partial charge is 0.340 e. The lowest BCUT2D eigenvalue weighted by molar-refractivity contribution is -0.134. The van der Waals surface area contributed by atoms with E-state index in [0.717, 1.165) is 38.2 Å². The van der Waals surface area contributed by atoms with Gasteiger partial charge in [-0.2, -0.15) is 5.10 Å². The molecule has 1 aromatic heterocycles. The number of carbonyl (C=O) groups is 1. The number of hydrogen-bond acceptors (Lipinski definition) is 3. The van der Waals surface area contributed by atoms with Crippen molar-refractivity contribution in [1.82, 2.24) is 19.6 Å². The van der Waals surface area contributed by atoms with Crippen LogP contribution in [0.5, 0.6) is 0 Å². The predicted octanol–water partition coefficient (Wildman–Crippen LogP) is 2.31. The quantitative estimate of drug-likeness (QED) is 0.847. The maximum atomic E-state index is 12.5. The fraction of sp³-hybridized carbons (Fsp3) is 0.474. The highest BCUT2D eigenvalue weighted by molar-refractivity contribution is 5.76. The molecule has 1 aliphatic heterocycles. The topological polar surface area (TPSA) is 41.4 Å². The van der Waals surface area contributed by atoms with E-state index in [1.54, 1.807) is 4.68 Å². The highest BCUT2D eigenvalue weighted by Crippen LogP contribution is 2.17. The van der Waals surface area contributed by atoms with Crippen LogP contribution in [0.4, 0.5) is 0 Å². The first-order valence-electron chi connectivity index (χ1n) is 8.64. The number of aromatic nitrogens is 2. The van der Waals surface area contributed by atoms with Gasteiger partial charge >= 0.3 is 0 Å². The van der Waals surface area contributed by atoms with Crippen LogP contribution in [0.25, 0.3) is 0 Å². The van der Waals surface area contributed by atoms with Crippen molar-refractivity contribution in [2.45, 2.75) is 38.9 Å². The normalized spacial score (nSPS) is 18.1. The fourth-order valence-electron chi connectivity index (χ4n) is 3.33. The number of carbonyl (C=O) groups excluding carboxylic acids is 1. The lowest BCUT2D eigenvalue weighted by atomic mass is 10.0. The van der Waals surface area contributed by atoms with Gasteiger partial charge in [-0.15, -0.1) is 0 Å². The van der Waals surface area contributed by atoms with Crippen molar-refractivity contribution in [2.75, 3.05) is 20.1 Å². The number of aryl methyl sites for hydroxylation is 1. The lowest BCUT2D eigenvalue weighted by Gasteiger charge is -2.37. The molecule has 24 heavy (non-hydrogen) atoms. The van der Waals surface area contributed by atoms with E-state index in [4.69, 9.17) is 0 Å². The molecule has 1 amide bonds. The summed E-state index contributed by atoms with van der Waals surface area (Å²) in [5, 5.41) is 4.31. The predicted molar refractivity (Wildman–Crippen MR) is 94.5 cm³/mol. The number of likely N-dealkylation sites (tertiary alicyclic amines) is 1. The van der Waals surface area contributed by atoms with Crippen molar-refractivity contribution < 1.29 is 4.79 Å². The second-order valence-electron chi connectivity index (χ2n) is 6.69. The first kappa shape index (κ1) is 16.7. The zero-order valence-corrected chi connectivity index (χ0v) is 14.6. The van der Waals surface area contributed by atoms with E-state index in [2.05, 4.69) is 41.3 Å². The molecule has 2 heterocycles. The van der Waals surface area contributed by atoms with Crippen LogP contribution >= 0.6 is 0 Å². The zero-order chi connectivity index (χ0) is 16.9. The zero-order valence-electron chi connectivity index (χ0n) is 14.6. The first-order chi connectivity index (χ1) is 11.6. The number of likely N-dealkylation sites (N-methyl/N-ethyl adjacent to an activating group) is 1. The molecule has 5 heteroatoms. The average molecular weight is 326 g/mol. The third-order valence-corrected chi connectivity index (χ3v) is 4.72. The maximum absolute atomic E-state index is 12.5. The van der Waals surface area contributed by atoms with Crippen LogP contribution in [0, 0.1) is 6.92 Å². The van der Waals surface area contributed by atoms with Gasteiger partial charge in [0, 0.05) is 31.9 Å². The van der Waals surface area contributed by atoms with Crippen molar-refractivity contribution in [2.24, 2.45) is 0 Å². The molecule has 0 spiro atoms. The lowest BCUT2D eigenvalue weighted by Crippen LogP contribution is -2.49. The van der Waals surface area contributed by atoms with Crippen LogP contribution in [0.15, 0.2) is 42.6 Å². The van der Waals surface area contributed by atoms with Gasteiger partial charge in [0.25, 0.3) is 0 Å². The Balaban J connectivity index is 1.56. The minimum absolute atomic E-state index is 0.163. The highest BCUT2D eigenvalue weighted by Gasteiger charge is 2.26. The van der Waals surface area contributed by atoms with Crippen LogP contribution < -0.4 is 0 Å². The number of piperidine rings is 1. The second-order valence-corrected chi connectivity index (χ2v) is 6.69. The average Bonchev–Trinajstić information content (AvgIpc) is 3.00. The smallest absolute Gasteiger partial charge is 0.244 e. The fourth-order valence-corrected chi connectivity index (χ4v) is 3.33. The summed E-state index contributed by atoms with van der Waals surface area (Å²) in [6.07, 6.45) is 4.08. The van der Waals surface area contributed by atoms with Crippen LogP contribution in [0.1, 0.15) is 24.1 Å². The first-order valence-corrected chi connectivity index (χ1v) is 8.64. The van der Waals surface area contributed by atoms with E-state index in [-0.39, 0.29) is 5.91 Å². The monoisotopic (exact) mass is 326 g/mol. The molecule has 0 N–H and O–H groups in total. The molecular formula is C19H26N4O. The Bertz CT molecular complexity index is 667. The van der Waals surface area contributed by atoms with E-state index >= 15 is 0 Å². The van der Waals surface area contributed by atoms with Gasteiger partial charge in [0.15, 0.2) is 0 Å². The SMILES string of the molecule is Cc1ccn(CC(=O)N2CCC[C@@H](N(C)Cc3ccccc3)C2)n1. The minimum atomic E-state index is 0.163. The van der Waals surface area contributed by atoms with Gasteiger partial charge < -0.3 is 4.90 Å². The van der Waals surface area contributed by atoms with Gasteiger partial charge in [0.05, 0.1) is 5.69 Å². The molecule has 1 fully saturated rings. The summed E-state index contributed by atoms with van der Waals surface area (Å²) in [7, 11) is 2.16. The third-order valence-electron chi connectivity index (χ3n) is 4.72. The van der Waals surface area contributed by atoms with Crippen LogP contribution in [-0.2, 0) is 17.9 Å². The number of nitrogens with zero attached hydrogens (tertiary/aromatic N) is 4. The summed E-state index contributed by atoms with van der Waals surface area (Å²) in [6.45, 7) is 4.86. The minimum Gasteiger partial charge on any atom is -0.340 e. The Hall–Kier alpha value is -2.14. The third kappa shape index (κ3) is 4.23. The molecule has 5 nitrogen and oxygen atoms in total. The Morgan fingerprint density at radius 3 is 2.79 bits per heavy atom. The second kappa shape index (κ2) is 7.62. The number of amides is 1. The van der Waals surface area contributed by atoms with Crippen molar-refractivity contribution in [3.63, 3.8) is 0 Å². The number of benzene rings is 1. The van der Waals surface area contributed by atoms with Crippen molar-refractivity contribution in [3.8, 4) is 0 Å². The van der Waals surface area contributed by atoms with Gasteiger partial charge in [-0.05, 0) is 38.4 Å². The summed E-state index contributed by atoms with van der Waals surface area (Å²) >= 11 is 0. The van der Waals surface area contributed by atoms with Gasteiger partial charge in [0.2, 0.25) is 5.91 Å². The maximum Gasteiger partial charge on any atom is 0.244 e. The van der Waals surface area contributed by atoms with Crippen molar-refractivity contribution in [3.05, 3.63) is 53.9 Å². The van der Waals surface area contributed by atoms with Gasteiger partial charge in [-0.25, -0.2) is 0 Å². The molecule has 1 atom stereocenters. The number of hydrogen-bond donors (Lipinski definition) is 0. The molecule has 0 radical (unpaired) electrons. The Morgan fingerprint density at radius 1 is 1.29 bits per heavy atom. The molecule has 3 rings (SSSR count). The molecule has 1 aliphatic rings. The van der Waals surface area contributed by atoms with Crippen LogP contribution in [0.2, 0.25) is 0 Å².